The maximum absolute atomic E-state index is 13.2. The van der Waals surface area contributed by atoms with Gasteiger partial charge in [0, 0.05) is 18.0 Å². The zero-order chi connectivity index (χ0) is 21.3. The number of aromatic nitrogens is 4. The van der Waals surface area contributed by atoms with Gasteiger partial charge in [0.05, 0.1) is 11.4 Å². The Labute approximate surface area is 170 Å². The summed E-state index contributed by atoms with van der Waals surface area (Å²) in [6, 6.07) is 12.9. The van der Waals surface area contributed by atoms with Crippen LogP contribution in [0.15, 0.2) is 54.7 Å². The number of rotatable bonds is 5. The zero-order valence-electron chi connectivity index (χ0n) is 16.3. The summed E-state index contributed by atoms with van der Waals surface area (Å²) in [6.45, 7) is 3.17. The minimum atomic E-state index is -0.698. The lowest BCUT2D eigenvalue weighted by molar-refractivity contribution is -0.119. The number of aryl methyl sites for hydroxylation is 2. The molecule has 0 aliphatic carbocycles. The van der Waals surface area contributed by atoms with E-state index in [1.807, 2.05) is 19.1 Å². The van der Waals surface area contributed by atoms with Crippen LogP contribution in [0.4, 0.5) is 10.2 Å². The molecule has 0 spiro atoms. The summed E-state index contributed by atoms with van der Waals surface area (Å²) >= 11 is 0. The second-order valence-corrected chi connectivity index (χ2v) is 6.70. The van der Waals surface area contributed by atoms with Crippen molar-refractivity contribution in [1.82, 2.24) is 19.2 Å². The molecule has 9 heteroatoms. The molecule has 3 heterocycles. The lowest BCUT2D eigenvalue weighted by Crippen LogP contribution is -2.22. The Balaban J connectivity index is 1.43. The van der Waals surface area contributed by atoms with Crippen molar-refractivity contribution >= 4 is 23.3 Å². The molecule has 1 aromatic carbocycles. The molecule has 0 aliphatic heterocycles. The number of carbonyl (C=O) groups is 2. The number of nitrogens with zero attached hydrogens (tertiary/aromatic N) is 4. The smallest absolute Gasteiger partial charge is 0.359 e. The number of benzene rings is 1. The fourth-order valence-corrected chi connectivity index (χ4v) is 3.00. The molecule has 0 fully saturated rings. The van der Waals surface area contributed by atoms with E-state index in [9.17, 15) is 14.0 Å². The number of imidazole rings is 1. The van der Waals surface area contributed by atoms with Crippen LogP contribution in [-0.2, 0) is 9.53 Å². The third kappa shape index (κ3) is 3.90. The summed E-state index contributed by atoms with van der Waals surface area (Å²) < 4.78 is 21.5. The predicted molar refractivity (Wildman–Crippen MR) is 107 cm³/mol. The second-order valence-electron chi connectivity index (χ2n) is 6.70. The minimum Gasteiger partial charge on any atom is -0.451 e. The number of pyridine rings is 1. The fraction of sp³-hybridized carbons (Fsp3) is 0.143. The van der Waals surface area contributed by atoms with E-state index in [1.54, 1.807) is 41.8 Å². The van der Waals surface area contributed by atoms with Gasteiger partial charge in [-0.15, -0.1) is 0 Å². The SMILES string of the molecule is Cc1cc(NC(=O)COC(=O)c2cn3c(C)cccc3n2)n(-c2ccc(F)cc2)n1. The average Bonchev–Trinajstić information content (AvgIpc) is 3.31. The fourth-order valence-electron chi connectivity index (χ4n) is 3.00. The van der Waals surface area contributed by atoms with Crippen LogP contribution >= 0.6 is 0 Å². The molecule has 1 N–H and O–H groups in total. The highest BCUT2D eigenvalue weighted by atomic mass is 19.1. The normalized spacial score (nSPS) is 10.9. The van der Waals surface area contributed by atoms with Gasteiger partial charge in [-0.1, -0.05) is 6.07 Å². The molecular weight excluding hydrogens is 389 g/mol. The molecule has 30 heavy (non-hydrogen) atoms. The van der Waals surface area contributed by atoms with E-state index in [2.05, 4.69) is 15.4 Å². The van der Waals surface area contributed by atoms with Gasteiger partial charge in [-0.25, -0.2) is 18.9 Å². The van der Waals surface area contributed by atoms with Gasteiger partial charge in [-0.3, -0.25) is 4.79 Å². The number of hydrogen-bond donors (Lipinski definition) is 1. The van der Waals surface area contributed by atoms with Crippen LogP contribution in [0, 0.1) is 19.7 Å². The maximum Gasteiger partial charge on any atom is 0.359 e. The molecule has 4 aromatic rings. The van der Waals surface area contributed by atoms with Crippen LogP contribution in [0.3, 0.4) is 0 Å². The van der Waals surface area contributed by atoms with Crippen molar-refractivity contribution in [2.24, 2.45) is 0 Å². The molecule has 3 aromatic heterocycles. The highest BCUT2D eigenvalue weighted by Gasteiger charge is 2.16. The van der Waals surface area contributed by atoms with Crippen LogP contribution in [0.1, 0.15) is 21.9 Å². The Morgan fingerprint density at radius 3 is 2.63 bits per heavy atom. The third-order valence-electron chi connectivity index (χ3n) is 4.41. The molecule has 1 amide bonds. The molecule has 152 valence electrons. The van der Waals surface area contributed by atoms with Crippen molar-refractivity contribution in [2.75, 3.05) is 11.9 Å². The summed E-state index contributed by atoms with van der Waals surface area (Å²) in [5.41, 5.74) is 2.89. The number of amides is 1. The predicted octanol–water partition coefficient (Wildman–Crippen LogP) is 3.07. The first-order chi connectivity index (χ1) is 14.4. The van der Waals surface area contributed by atoms with Crippen molar-refractivity contribution in [2.45, 2.75) is 13.8 Å². The highest BCUT2D eigenvalue weighted by Crippen LogP contribution is 2.17. The summed E-state index contributed by atoms with van der Waals surface area (Å²) in [6.07, 6.45) is 1.57. The van der Waals surface area contributed by atoms with Gasteiger partial charge in [0.1, 0.15) is 17.3 Å². The van der Waals surface area contributed by atoms with Gasteiger partial charge < -0.3 is 14.5 Å². The quantitative estimate of drug-likeness (QED) is 0.514. The molecule has 0 radical (unpaired) electrons. The Kier molecular flexibility index (Phi) is 5.01. The first-order valence-corrected chi connectivity index (χ1v) is 9.15. The number of anilines is 1. The number of halogens is 1. The van der Waals surface area contributed by atoms with E-state index in [0.29, 0.717) is 22.8 Å². The topological polar surface area (TPSA) is 90.5 Å². The summed E-state index contributed by atoms with van der Waals surface area (Å²) in [7, 11) is 0. The van der Waals surface area contributed by atoms with E-state index in [-0.39, 0.29) is 11.5 Å². The number of ether oxygens (including phenoxy) is 1. The van der Waals surface area contributed by atoms with E-state index in [4.69, 9.17) is 4.74 Å². The first kappa shape index (κ1) is 19.3. The second kappa shape index (κ2) is 7.78. The van der Waals surface area contributed by atoms with Gasteiger partial charge in [0.15, 0.2) is 12.3 Å². The van der Waals surface area contributed by atoms with Crippen molar-refractivity contribution in [3.05, 3.63) is 77.6 Å². The van der Waals surface area contributed by atoms with Gasteiger partial charge in [-0.05, 0) is 50.2 Å². The Bertz CT molecular complexity index is 1240. The monoisotopic (exact) mass is 407 g/mol. The number of fused-ring (bicyclic) bond motifs is 1. The standard InChI is InChI=1S/C21H18FN5O3/c1-13-10-19(27(25-13)16-8-6-15(22)7-9-16)24-20(28)12-30-21(29)17-11-26-14(2)4-3-5-18(26)23-17/h3-11H,12H2,1-2H3,(H,24,28). The largest absolute Gasteiger partial charge is 0.451 e. The van der Waals surface area contributed by atoms with Crippen molar-refractivity contribution in [3.8, 4) is 5.69 Å². The minimum absolute atomic E-state index is 0.115. The summed E-state index contributed by atoms with van der Waals surface area (Å²) in [4.78, 5) is 28.8. The molecule has 0 bridgehead atoms. The Morgan fingerprint density at radius 2 is 1.90 bits per heavy atom. The number of hydrogen-bond acceptors (Lipinski definition) is 5. The van der Waals surface area contributed by atoms with Crippen LogP contribution in [0.2, 0.25) is 0 Å². The van der Waals surface area contributed by atoms with Crippen molar-refractivity contribution in [3.63, 3.8) is 0 Å². The summed E-state index contributed by atoms with van der Waals surface area (Å²) in [5, 5.41) is 6.95. The molecule has 0 atom stereocenters. The van der Waals surface area contributed by atoms with Gasteiger partial charge >= 0.3 is 5.97 Å². The van der Waals surface area contributed by atoms with Gasteiger partial charge in [-0.2, -0.15) is 5.10 Å². The Morgan fingerprint density at radius 1 is 1.13 bits per heavy atom. The number of carbonyl (C=O) groups excluding carboxylic acids is 2. The van der Waals surface area contributed by atoms with Gasteiger partial charge in [0.2, 0.25) is 0 Å². The van der Waals surface area contributed by atoms with E-state index in [0.717, 1.165) is 5.69 Å². The van der Waals surface area contributed by atoms with E-state index in [1.165, 1.54) is 16.8 Å². The zero-order valence-corrected chi connectivity index (χ0v) is 16.3. The Hall–Kier alpha value is -4.01. The molecule has 8 nitrogen and oxygen atoms in total. The molecular formula is C21H18FN5O3. The van der Waals surface area contributed by atoms with E-state index < -0.39 is 18.5 Å². The van der Waals surface area contributed by atoms with Crippen LogP contribution in [0.5, 0.6) is 0 Å². The maximum atomic E-state index is 13.2. The molecule has 0 saturated carbocycles. The highest BCUT2D eigenvalue weighted by molar-refractivity contribution is 5.94. The van der Waals surface area contributed by atoms with Crippen LogP contribution < -0.4 is 5.32 Å². The molecule has 0 unspecified atom stereocenters. The van der Waals surface area contributed by atoms with Crippen molar-refractivity contribution in [1.29, 1.82) is 0 Å². The molecule has 0 aliphatic rings. The lowest BCUT2D eigenvalue weighted by atomic mass is 10.3. The van der Waals surface area contributed by atoms with E-state index >= 15 is 0 Å². The summed E-state index contributed by atoms with van der Waals surface area (Å²) in [5.74, 6) is -1.23. The lowest BCUT2D eigenvalue weighted by Gasteiger charge is -2.09. The first-order valence-electron chi connectivity index (χ1n) is 9.15. The number of nitrogens with one attached hydrogen (secondary N) is 1. The number of esters is 1. The van der Waals surface area contributed by atoms with Crippen LogP contribution in [-0.4, -0.2) is 37.6 Å². The molecule has 4 rings (SSSR count). The van der Waals surface area contributed by atoms with Gasteiger partial charge in [0.25, 0.3) is 5.91 Å². The average molecular weight is 407 g/mol. The molecule has 0 saturated heterocycles. The van der Waals surface area contributed by atoms with Crippen molar-refractivity contribution < 1.29 is 18.7 Å². The van der Waals surface area contributed by atoms with Crippen LogP contribution in [0.25, 0.3) is 11.3 Å². The third-order valence-corrected chi connectivity index (χ3v) is 4.41.